The Morgan fingerprint density at radius 2 is 1.85 bits per heavy atom. The molecular formula is C20H26ClN3O3. The van der Waals surface area contributed by atoms with Crippen LogP contribution in [-0.4, -0.2) is 61.1 Å². The summed E-state index contributed by atoms with van der Waals surface area (Å²) < 4.78 is 5.58. The molecule has 2 unspecified atom stereocenters. The highest BCUT2D eigenvalue weighted by molar-refractivity contribution is 6.30. The second kappa shape index (κ2) is 8.17. The van der Waals surface area contributed by atoms with E-state index in [2.05, 4.69) is 10.2 Å². The third-order valence-electron chi connectivity index (χ3n) is 5.93. The van der Waals surface area contributed by atoms with Crippen LogP contribution in [0.25, 0.3) is 0 Å². The van der Waals surface area contributed by atoms with Crippen LogP contribution in [0.5, 0.6) is 0 Å². The third kappa shape index (κ3) is 3.98. The second-order valence-electron chi connectivity index (χ2n) is 7.58. The second-order valence-corrected chi connectivity index (χ2v) is 8.02. The lowest BCUT2D eigenvalue weighted by Gasteiger charge is -2.39. The summed E-state index contributed by atoms with van der Waals surface area (Å²) in [6.07, 6.45) is 5.37. The Morgan fingerprint density at radius 3 is 2.59 bits per heavy atom. The monoisotopic (exact) mass is 391 g/mol. The van der Waals surface area contributed by atoms with Gasteiger partial charge in [-0.3, -0.25) is 14.5 Å². The minimum Gasteiger partial charge on any atom is -0.378 e. The number of rotatable bonds is 4. The van der Waals surface area contributed by atoms with Gasteiger partial charge in [0.25, 0.3) is 0 Å². The van der Waals surface area contributed by atoms with Gasteiger partial charge >= 0.3 is 0 Å². The molecule has 4 rings (SSSR count). The molecule has 2 heterocycles. The SMILES string of the molecule is O=C(NC1CCN(c2ccc(Cl)cc2)C1=O)C1COCCN1C1CCCC1. The summed E-state index contributed by atoms with van der Waals surface area (Å²) in [7, 11) is 0. The van der Waals surface area contributed by atoms with Crippen LogP contribution in [0.3, 0.4) is 0 Å². The van der Waals surface area contributed by atoms with E-state index in [1.165, 1.54) is 12.8 Å². The number of amides is 2. The molecule has 0 bridgehead atoms. The first-order chi connectivity index (χ1) is 13.1. The molecular weight excluding hydrogens is 366 g/mol. The van der Waals surface area contributed by atoms with Crippen molar-refractivity contribution in [1.29, 1.82) is 0 Å². The average Bonchev–Trinajstić information content (AvgIpc) is 3.34. The van der Waals surface area contributed by atoms with Gasteiger partial charge in [0.1, 0.15) is 12.1 Å². The van der Waals surface area contributed by atoms with E-state index in [9.17, 15) is 9.59 Å². The van der Waals surface area contributed by atoms with Crippen LogP contribution in [0.1, 0.15) is 32.1 Å². The van der Waals surface area contributed by atoms with Crippen molar-refractivity contribution in [3.05, 3.63) is 29.3 Å². The van der Waals surface area contributed by atoms with Crippen molar-refractivity contribution in [3.63, 3.8) is 0 Å². The fourth-order valence-electron chi connectivity index (χ4n) is 4.47. The van der Waals surface area contributed by atoms with Crippen molar-refractivity contribution in [2.45, 2.75) is 50.2 Å². The summed E-state index contributed by atoms with van der Waals surface area (Å²) in [6.45, 7) is 2.47. The summed E-state index contributed by atoms with van der Waals surface area (Å²) in [6, 6.07) is 6.92. The van der Waals surface area contributed by atoms with Gasteiger partial charge in [0, 0.05) is 29.8 Å². The molecule has 2 saturated heterocycles. The van der Waals surface area contributed by atoms with Crippen molar-refractivity contribution < 1.29 is 14.3 Å². The summed E-state index contributed by atoms with van der Waals surface area (Å²) in [5, 5.41) is 3.62. The van der Waals surface area contributed by atoms with Crippen molar-refractivity contribution in [1.82, 2.24) is 10.2 Å². The smallest absolute Gasteiger partial charge is 0.249 e. The number of nitrogens with zero attached hydrogens (tertiary/aromatic N) is 2. The fourth-order valence-corrected chi connectivity index (χ4v) is 4.60. The Bertz CT molecular complexity index is 690. The molecule has 2 aliphatic heterocycles. The molecule has 3 fully saturated rings. The first-order valence-corrected chi connectivity index (χ1v) is 10.2. The van der Waals surface area contributed by atoms with Gasteiger partial charge in [0.15, 0.2) is 0 Å². The van der Waals surface area contributed by atoms with E-state index in [4.69, 9.17) is 16.3 Å². The van der Waals surface area contributed by atoms with Crippen LogP contribution in [0.4, 0.5) is 5.69 Å². The molecule has 2 amide bonds. The van der Waals surface area contributed by atoms with Crippen LogP contribution in [0, 0.1) is 0 Å². The first-order valence-electron chi connectivity index (χ1n) is 9.84. The zero-order valence-corrected chi connectivity index (χ0v) is 16.2. The highest BCUT2D eigenvalue weighted by Gasteiger charge is 2.39. The van der Waals surface area contributed by atoms with E-state index in [0.717, 1.165) is 25.1 Å². The van der Waals surface area contributed by atoms with Gasteiger partial charge in [-0.2, -0.15) is 0 Å². The number of anilines is 1. The number of hydrogen-bond donors (Lipinski definition) is 1. The topological polar surface area (TPSA) is 61.9 Å². The number of halogens is 1. The number of hydrogen-bond acceptors (Lipinski definition) is 4. The predicted octanol–water partition coefficient (Wildman–Crippen LogP) is 2.20. The number of carbonyl (C=O) groups excluding carboxylic acids is 2. The van der Waals surface area contributed by atoms with Crippen LogP contribution in [0.15, 0.2) is 24.3 Å². The molecule has 27 heavy (non-hydrogen) atoms. The molecule has 6 nitrogen and oxygen atoms in total. The van der Waals surface area contributed by atoms with Gasteiger partial charge in [-0.25, -0.2) is 0 Å². The maximum absolute atomic E-state index is 12.9. The lowest BCUT2D eigenvalue weighted by molar-refractivity contribution is -0.137. The normalized spacial score (nSPS) is 27.3. The zero-order valence-electron chi connectivity index (χ0n) is 15.4. The predicted molar refractivity (Wildman–Crippen MR) is 104 cm³/mol. The first kappa shape index (κ1) is 18.7. The standard InChI is InChI=1S/C20H26ClN3O3/c21-14-5-7-16(8-6-14)24-10-9-17(20(24)26)22-19(25)18-13-27-12-11-23(18)15-3-1-2-4-15/h5-8,15,17-18H,1-4,9-13H2,(H,22,25). The van der Waals surface area contributed by atoms with Crippen LogP contribution in [-0.2, 0) is 14.3 Å². The number of morpholine rings is 1. The summed E-state index contributed by atoms with van der Waals surface area (Å²) in [4.78, 5) is 29.7. The molecule has 7 heteroatoms. The number of ether oxygens (including phenoxy) is 1. The number of nitrogens with one attached hydrogen (secondary N) is 1. The quantitative estimate of drug-likeness (QED) is 0.854. The van der Waals surface area contributed by atoms with E-state index in [1.54, 1.807) is 17.0 Å². The van der Waals surface area contributed by atoms with E-state index >= 15 is 0 Å². The highest BCUT2D eigenvalue weighted by Crippen LogP contribution is 2.27. The Balaban J connectivity index is 1.40. The summed E-state index contributed by atoms with van der Waals surface area (Å²) >= 11 is 5.93. The molecule has 3 aliphatic rings. The van der Waals surface area contributed by atoms with Crippen LogP contribution < -0.4 is 10.2 Å². The molecule has 1 aromatic rings. The van der Waals surface area contributed by atoms with Crippen molar-refractivity contribution in [2.75, 3.05) is 31.2 Å². The third-order valence-corrected chi connectivity index (χ3v) is 6.18. The molecule has 2 atom stereocenters. The van der Waals surface area contributed by atoms with E-state index in [1.807, 2.05) is 12.1 Å². The molecule has 1 aromatic carbocycles. The fraction of sp³-hybridized carbons (Fsp3) is 0.600. The van der Waals surface area contributed by atoms with E-state index < -0.39 is 6.04 Å². The largest absolute Gasteiger partial charge is 0.378 e. The van der Waals surface area contributed by atoms with E-state index in [-0.39, 0.29) is 17.9 Å². The molecule has 0 radical (unpaired) electrons. The van der Waals surface area contributed by atoms with Gasteiger partial charge < -0.3 is 15.0 Å². The van der Waals surface area contributed by atoms with Crippen molar-refractivity contribution in [3.8, 4) is 0 Å². The molecule has 0 aromatic heterocycles. The summed E-state index contributed by atoms with van der Waals surface area (Å²) in [5.41, 5.74) is 0.815. The Hall–Kier alpha value is -1.63. The van der Waals surface area contributed by atoms with Gasteiger partial charge in [-0.15, -0.1) is 0 Å². The molecule has 1 N–H and O–H groups in total. The van der Waals surface area contributed by atoms with Crippen LogP contribution in [0.2, 0.25) is 5.02 Å². The molecule has 0 spiro atoms. The maximum Gasteiger partial charge on any atom is 0.249 e. The Kier molecular flexibility index (Phi) is 5.66. The lowest BCUT2D eigenvalue weighted by atomic mass is 10.1. The maximum atomic E-state index is 12.9. The van der Waals surface area contributed by atoms with Gasteiger partial charge in [0.05, 0.1) is 13.2 Å². The molecule has 1 saturated carbocycles. The van der Waals surface area contributed by atoms with E-state index in [0.29, 0.717) is 37.2 Å². The number of benzene rings is 1. The Morgan fingerprint density at radius 1 is 1.11 bits per heavy atom. The zero-order chi connectivity index (χ0) is 18.8. The summed E-state index contributed by atoms with van der Waals surface area (Å²) in [5.74, 6) is -0.146. The van der Waals surface area contributed by atoms with Crippen molar-refractivity contribution in [2.24, 2.45) is 0 Å². The minimum absolute atomic E-state index is 0.0604. The van der Waals surface area contributed by atoms with Crippen molar-refractivity contribution >= 4 is 29.1 Å². The van der Waals surface area contributed by atoms with Gasteiger partial charge in [-0.05, 0) is 43.5 Å². The molecule has 1 aliphatic carbocycles. The molecule has 146 valence electrons. The van der Waals surface area contributed by atoms with Gasteiger partial charge in [0.2, 0.25) is 11.8 Å². The average molecular weight is 392 g/mol. The van der Waals surface area contributed by atoms with Gasteiger partial charge in [-0.1, -0.05) is 24.4 Å². The van der Waals surface area contributed by atoms with Crippen LogP contribution >= 0.6 is 11.6 Å². The Labute approximate surface area is 164 Å². The number of carbonyl (C=O) groups is 2. The lowest BCUT2D eigenvalue weighted by Crippen LogP contribution is -2.58. The highest BCUT2D eigenvalue weighted by atomic mass is 35.5. The minimum atomic E-state index is -0.472.